The second-order valence-corrected chi connectivity index (χ2v) is 4.30. The minimum Gasteiger partial charge on any atom is -0.385 e. The quantitative estimate of drug-likeness (QED) is 0.798. The van der Waals surface area contributed by atoms with Crippen LogP contribution in [0, 0.1) is 5.92 Å². The Hall–Kier alpha value is -1.51. The number of hydrogen-bond acceptors (Lipinski definition) is 2. The van der Waals surface area contributed by atoms with E-state index in [1.807, 2.05) is 31.2 Å². The predicted molar refractivity (Wildman–Crippen MR) is 66.6 cm³/mol. The number of carbonyl (C=O) groups excluding carboxylic acids is 1. The SMILES string of the molecule is CCC(=O)Nc1ccc(NCC2CC2)cc1. The summed E-state index contributed by atoms with van der Waals surface area (Å²) in [5, 5.41) is 6.22. The predicted octanol–water partition coefficient (Wildman–Crippen LogP) is 2.86. The molecule has 1 aliphatic rings. The lowest BCUT2D eigenvalue weighted by atomic mass is 10.2. The van der Waals surface area contributed by atoms with Crippen molar-refractivity contribution in [2.75, 3.05) is 17.2 Å². The maximum atomic E-state index is 11.2. The molecule has 0 heterocycles. The van der Waals surface area contributed by atoms with Gasteiger partial charge >= 0.3 is 0 Å². The Bertz CT molecular complexity index is 355. The lowest BCUT2D eigenvalue weighted by Crippen LogP contribution is -2.09. The summed E-state index contributed by atoms with van der Waals surface area (Å²) in [5.41, 5.74) is 1.99. The highest BCUT2D eigenvalue weighted by atomic mass is 16.1. The minimum atomic E-state index is 0.0543. The van der Waals surface area contributed by atoms with Crippen molar-refractivity contribution in [1.82, 2.24) is 0 Å². The molecule has 0 saturated heterocycles. The van der Waals surface area contributed by atoms with E-state index in [2.05, 4.69) is 10.6 Å². The van der Waals surface area contributed by atoms with Gasteiger partial charge in [0.2, 0.25) is 5.91 Å². The van der Waals surface area contributed by atoms with Crippen molar-refractivity contribution in [3.05, 3.63) is 24.3 Å². The summed E-state index contributed by atoms with van der Waals surface area (Å²) in [5.74, 6) is 0.929. The molecule has 0 atom stereocenters. The number of amides is 1. The van der Waals surface area contributed by atoms with Crippen molar-refractivity contribution in [3.63, 3.8) is 0 Å². The van der Waals surface area contributed by atoms with Crippen LogP contribution in [0.4, 0.5) is 11.4 Å². The van der Waals surface area contributed by atoms with Crippen molar-refractivity contribution < 1.29 is 4.79 Å². The Morgan fingerprint density at radius 3 is 2.44 bits per heavy atom. The zero-order chi connectivity index (χ0) is 11.4. The zero-order valence-electron chi connectivity index (χ0n) is 9.62. The molecular formula is C13H18N2O. The third-order valence-corrected chi connectivity index (χ3v) is 2.78. The van der Waals surface area contributed by atoms with Gasteiger partial charge in [-0.25, -0.2) is 0 Å². The van der Waals surface area contributed by atoms with E-state index < -0.39 is 0 Å². The second kappa shape index (κ2) is 5.01. The van der Waals surface area contributed by atoms with Crippen LogP contribution in [0.5, 0.6) is 0 Å². The van der Waals surface area contributed by atoms with E-state index in [9.17, 15) is 4.79 Å². The van der Waals surface area contributed by atoms with Gasteiger partial charge < -0.3 is 10.6 Å². The van der Waals surface area contributed by atoms with Crippen LogP contribution >= 0.6 is 0 Å². The van der Waals surface area contributed by atoms with Crippen LogP contribution in [0.25, 0.3) is 0 Å². The molecule has 1 aromatic rings. The fourth-order valence-corrected chi connectivity index (χ4v) is 1.50. The molecule has 0 aromatic heterocycles. The van der Waals surface area contributed by atoms with Gasteiger partial charge in [0.15, 0.2) is 0 Å². The minimum absolute atomic E-state index is 0.0543. The first-order valence-electron chi connectivity index (χ1n) is 5.91. The molecule has 1 aromatic carbocycles. The Labute approximate surface area is 96.2 Å². The Morgan fingerprint density at radius 2 is 1.88 bits per heavy atom. The number of benzene rings is 1. The molecule has 0 unspecified atom stereocenters. The average Bonchev–Trinajstić information content (AvgIpc) is 3.12. The van der Waals surface area contributed by atoms with Gasteiger partial charge in [0.1, 0.15) is 0 Å². The van der Waals surface area contributed by atoms with Gasteiger partial charge in [-0.1, -0.05) is 6.92 Å². The fraction of sp³-hybridized carbons (Fsp3) is 0.462. The average molecular weight is 218 g/mol. The smallest absolute Gasteiger partial charge is 0.224 e. The first kappa shape index (κ1) is 11.0. The second-order valence-electron chi connectivity index (χ2n) is 4.30. The number of anilines is 2. The maximum absolute atomic E-state index is 11.2. The van der Waals surface area contributed by atoms with Crippen LogP contribution in [-0.4, -0.2) is 12.5 Å². The van der Waals surface area contributed by atoms with Crippen molar-refractivity contribution in [2.45, 2.75) is 26.2 Å². The van der Waals surface area contributed by atoms with E-state index in [0.29, 0.717) is 6.42 Å². The molecule has 2 N–H and O–H groups in total. The molecular weight excluding hydrogens is 200 g/mol. The van der Waals surface area contributed by atoms with Crippen molar-refractivity contribution in [1.29, 1.82) is 0 Å². The van der Waals surface area contributed by atoms with Crippen LogP contribution in [0.15, 0.2) is 24.3 Å². The Balaban J connectivity index is 1.85. The van der Waals surface area contributed by atoms with Crippen LogP contribution < -0.4 is 10.6 Å². The highest BCUT2D eigenvalue weighted by molar-refractivity contribution is 5.90. The molecule has 1 fully saturated rings. The largest absolute Gasteiger partial charge is 0.385 e. The Morgan fingerprint density at radius 1 is 1.25 bits per heavy atom. The van der Waals surface area contributed by atoms with E-state index in [0.717, 1.165) is 23.8 Å². The lowest BCUT2D eigenvalue weighted by molar-refractivity contribution is -0.115. The molecule has 0 radical (unpaired) electrons. The monoisotopic (exact) mass is 218 g/mol. The molecule has 0 bridgehead atoms. The van der Waals surface area contributed by atoms with Crippen molar-refractivity contribution >= 4 is 17.3 Å². The third-order valence-electron chi connectivity index (χ3n) is 2.78. The molecule has 2 rings (SSSR count). The van der Waals surface area contributed by atoms with Gasteiger partial charge in [-0.2, -0.15) is 0 Å². The molecule has 0 aliphatic heterocycles. The van der Waals surface area contributed by atoms with E-state index in [1.54, 1.807) is 0 Å². The maximum Gasteiger partial charge on any atom is 0.224 e. The summed E-state index contributed by atoms with van der Waals surface area (Å²) < 4.78 is 0. The lowest BCUT2D eigenvalue weighted by Gasteiger charge is -2.07. The molecule has 1 saturated carbocycles. The van der Waals surface area contributed by atoms with E-state index >= 15 is 0 Å². The highest BCUT2D eigenvalue weighted by Crippen LogP contribution is 2.29. The third kappa shape index (κ3) is 3.26. The fourth-order valence-electron chi connectivity index (χ4n) is 1.50. The summed E-state index contributed by atoms with van der Waals surface area (Å²) in [6.45, 7) is 2.92. The first-order chi connectivity index (χ1) is 7.78. The number of carbonyl (C=O) groups is 1. The van der Waals surface area contributed by atoms with Crippen molar-refractivity contribution in [2.24, 2.45) is 5.92 Å². The summed E-state index contributed by atoms with van der Waals surface area (Å²) in [6, 6.07) is 7.88. The highest BCUT2D eigenvalue weighted by Gasteiger charge is 2.20. The Kier molecular flexibility index (Phi) is 3.44. The molecule has 16 heavy (non-hydrogen) atoms. The summed E-state index contributed by atoms with van der Waals surface area (Å²) in [7, 11) is 0. The van der Waals surface area contributed by atoms with Gasteiger partial charge in [-0.15, -0.1) is 0 Å². The molecule has 1 aliphatic carbocycles. The van der Waals surface area contributed by atoms with Crippen LogP contribution in [0.3, 0.4) is 0 Å². The van der Waals surface area contributed by atoms with Gasteiger partial charge in [0, 0.05) is 24.3 Å². The van der Waals surface area contributed by atoms with Gasteiger partial charge in [-0.3, -0.25) is 4.79 Å². The number of rotatable bonds is 5. The van der Waals surface area contributed by atoms with E-state index in [1.165, 1.54) is 12.8 Å². The summed E-state index contributed by atoms with van der Waals surface area (Å²) in [4.78, 5) is 11.2. The molecule has 1 amide bonds. The van der Waals surface area contributed by atoms with Crippen molar-refractivity contribution in [3.8, 4) is 0 Å². The molecule has 0 spiro atoms. The topological polar surface area (TPSA) is 41.1 Å². The standard InChI is InChI=1S/C13H18N2O/c1-2-13(16)15-12-7-5-11(6-8-12)14-9-10-3-4-10/h5-8,10,14H,2-4,9H2,1H3,(H,15,16). The zero-order valence-corrected chi connectivity index (χ0v) is 9.62. The number of nitrogens with one attached hydrogen (secondary N) is 2. The number of hydrogen-bond donors (Lipinski definition) is 2. The normalized spacial score (nSPS) is 14.6. The van der Waals surface area contributed by atoms with Crippen LogP contribution in [0.1, 0.15) is 26.2 Å². The summed E-state index contributed by atoms with van der Waals surface area (Å²) in [6.07, 6.45) is 3.23. The molecule has 86 valence electrons. The van der Waals surface area contributed by atoms with Crippen LogP contribution in [0.2, 0.25) is 0 Å². The van der Waals surface area contributed by atoms with Gasteiger partial charge in [-0.05, 0) is 43.0 Å². The van der Waals surface area contributed by atoms with Crippen LogP contribution in [-0.2, 0) is 4.79 Å². The first-order valence-corrected chi connectivity index (χ1v) is 5.91. The summed E-state index contributed by atoms with van der Waals surface area (Å²) >= 11 is 0. The molecule has 3 heteroatoms. The molecule has 3 nitrogen and oxygen atoms in total. The van der Waals surface area contributed by atoms with E-state index in [4.69, 9.17) is 0 Å². The van der Waals surface area contributed by atoms with Gasteiger partial charge in [0.05, 0.1) is 0 Å². The van der Waals surface area contributed by atoms with E-state index in [-0.39, 0.29) is 5.91 Å². The van der Waals surface area contributed by atoms with Gasteiger partial charge in [0.25, 0.3) is 0 Å².